The maximum Gasteiger partial charge on any atom is 0.114 e. The van der Waals surface area contributed by atoms with E-state index in [9.17, 15) is 0 Å². The molecule has 0 saturated heterocycles. The first-order chi connectivity index (χ1) is 6.15. The van der Waals surface area contributed by atoms with Gasteiger partial charge < -0.3 is 4.84 Å². The van der Waals surface area contributed by atoms with Gasteiger partial charge in [0.1, 0.15) is 18.0 Å². The van der Waals surface area contributed by atoms with E-state index in [1.807, 2.05) is 38.6 Å². The molecular formula is C9H15N3O. The van der Waals surface area contributed by atoms with E-state index in [-0.39, 0.29) is 0 Å². The number of aryl methyl sites for hydroxylation is 2. The van der Waals surface area contributed by atoms with Crippen molar-refractivity contribution in [2.45, 2.75) is 20.8 Å². The summed E-state index contributed by atoms with van der Waals surface area (Å²) >= 11 is 0. The normalized spacial score (nSPS) is 11.8. The van der Waals surface area contributed by atoms with Crippen LogP contribution in [0.4, 0.5) is 0 Å². The smallest absolute Gasteiger partial charge is 0.114 e. The summed E-state index contributed by atoms with van der Waals surface area (Å²) in [5, 5.41) is 8.18. The Bertz CT molecular complexity index is 295. The molecule has 1 aromatic rings. The monoisotopic (exact) mass is 181 g/mol. The molecule has 1 rings (SSSR count). The Kier molecular flexibility index (Phi) is 3.06. The van der Waals surface area contributed by atoms with E-state index >= 15 is 0 Å². The molecule has 0 spiro atoms. The Morgan fingerprint density at radius 3 is 2.85 bits per heavy atom. The molecule has 4 nitrogen and oxygen atoms in total. The topological polar surface area (TPSA) is 39.4 Å². The fourth-order valence-corrected chi connectivity index (χ4v) is 0.946. The van der Waals surface area contributed by atoms with Crippen LogP contribution in [-0.4, -0.2) is 22.1 Å². The molecule has 72 valence electrons. The summed E-state index contributed by atoms with van der Waals surface area (Å²) in [6.45, 7) is 6.38. The van der Waals surface area contributed by atoms with Crippen LogP contribution < -0.4 is 0 Å². The molecule has 0 unspecified atom stereocenters. The van der Waals surface area contributed by atoms with Gasteiger partial charge in [0, 0.05) is 12.7 Å². The SMILES string of the molecule is CCO/N=C(/C)c1cc(C)n(C)n1. The quantitative estimate of drug-likeness (QED) is 0.523. The Morgan fingerprint density at radius 2 is 2.38 bits per heavy atom. The van der Waals surface area contributed by atoms with E-state index < -0.39 is 0 Å². The highest BCUT2D eigenvalue weighted by Gasteiger charge is 2.04. The number of hydrogen-bond donors (Lipinski definition) is 0. The molecule has 0 aliphatic heterocycles. The van der Waals surface area contributed by atoms with Gasteiger partial charge in [-0.05, 0) is 26.8 Å². The highest BCUT2D eigenvalue weighted by Crippen LogP contribution is 2.02. The zero-order valence-electron chi connectivity index (χ0n) is 8.53. The second kappa shape index (κ2) is 4.07. The minimum Gasteiger partial charge on any atom is -0.396 e. The molecule has 0 saturated carbocycles. The number of oxime groups is 1. The van der Waals surface area contributed by atoms with Crippen molar-refractivity contribution in [2.75, 3.05) is 6.61 Å². The Balaban J connectivity index is 2.82. The lowest BCUT2D eigenvalue weighted by Crippen LogP contribution is -1.99. The summed E-state index contributed by atoms with van der Waals surface area (Å²) in [6, 6.07) is 1.98. The maximum absolute atomic E-state index is 4.94. The van der Waals surface area contributed by atoms with Gasteiger partial charge in [-0.15, -0.1) is 0 Å². The van der Waals surface area contributed by atoms with E-state index in [4.69, 9.17) is 4.84 Å². The first-order valence-corrected chi connectivity index (χ1v) is 4.32. The lowest BCUT2D eigenvalue weighted by molar-refractivity contribution is 0.159. The van der Waals surface area contributed by atoms with Crippen LogP contribution in [0.25, 0.3) is 0 Å². The van der Waals surface area contributed by atoms with Crippen LogP contribution >= 0.6 is 0 Å². The van der Waals surface area contributed by atoms with Gasteiger partial charge in [0.15, 0.2) is 0 Å². The average Bonchev–Trinajstić information content (AvgIpc) is 2.43. The predicted molar refractivity (Wildman–Crippen MR) is 51.8 cm³/mol. The van der Waals surface area contributed by atoms with Crippen molar-refractivity contribution in [3.8, 4) is 0 Å². The van der Waals surface area contributed by atoms with Gasteiger partial charge in [-0.2, -0.15) is 5.10 Å². The van der Waals surface area contributed by atoms with Crippen LogP contribution in [0.3, 0.4) is 0 Å². The molecule has 0 radical (unpaired) electrons. The maximum atomic E-state index is 4.94. The number of aromatic nitrogens is 2. The van der Waals surface area contributed by atoms with Crippen molar-refractivity contribution in [3.05, 3.63) is 17.5 Å². The lowest BCUT2D eigenvalue weighted by atomic mass is 10.3. The number of nitrogens with zero attached hydrogens (tertiary/aromatic N) is 3. The molecule has 0 aliphatic carbocycles. The van der Waals surface area contributed by atoms with Crippen LogP contribution in [-0.2, 0) is 11.9 Å². The second-order valence-corrected chi connectivity index (χ2v) is 2.89. The average molecular weight is 181 g/mol. The minimum absolute atomic E-state index is 0.586. The van der Waals surface area contributed by atoms with Crippen molar-refractivity contribution in [1.29, 1.82) is 0 Å². The van der Waals surface area contributed by atoms with E-state index in [1.165, 1.54) is 0 Å². The first kappa shape index (κ1) is 9.77. The molecule has 0 aromatic carbocycles. The first-order valence-electron chi connectivity index (χ1n) is 4.32. The summed E-state index contributed by atoms with van der Waals surface area (Å²) in [5.74, 6) is 0. The highest BCUT2D eigenvalue weighted by molar-refractivity contribution is 5.96. The fourth-order valence-electron chi connectivity index (χ4n) is 0.946. The molecule has 0 atom stereocenters. The lowest BCUT2D eigenvalue weighted by Gasteiger charge is -1.95. The molecule has 0 fully saturated rings. The minimum atomic E-state index is 0.586. The zero-order chi connectivity index (χ0) is 9.84. The molecule has 0 bridgehead atoms. The van der Waals surface area contributed by atoms with Crippen molar-refractivity contribution in [2.24, 2.45) is 12.2 Å². The molecule has 1 aromatic heterocycles. The van der Waals surface area contributed by atoms with Gasteiger partial charge in [-0.3, -0.25) is 4.68 Å². The number of rotatable bonds is 3. The summed E-state index contributed by atoms with van der Waals surface area (Å²) < 4.78 is 1.82. The molecule has 4 heteroatoms. The summed E-state index contributed by atoms with van der Waals surface area (Å²) in [6.07, 6.45) is 0. The Labute approximate surface area is 78.2 Å². The van der Waals surface area contributed by atoms with Gasteiger partial charge in [-0.1, -0.05) is 5.16 Å². The molecule has 0 aliphatic rings. The third kappa shape index (κ3) is 2.31. The van der Waals surface area contributed by atoms with Gasteiger partial charge in [0.2, 0.25) is 0 Å². The van der Waals surface area contributed by atoms with Gasteiger partial charge in [0.05, 0.1) is 0 Å². The largest absolute Gasteiger partial charge is 0.396 e. The number of hydrogen-bond acceptors (Lipinski definition) is 3. The van der Waals surface area contributed by atoms with Crippen molar-refractivity contribution < 1.29 is 4.84 Å². The molecule has 13 heavy (non-hydrogen) atoms. The van der Waals surface area contributed by atoms with E-state index in [2.05, 4.69) is 10.3 Å². The molecule has 1 heterocycles. The van der Waals surface area contributed by atoms with Crippen molar-refractivity contribution in [3.63, 3.8) is 0 Å². The molecule has 0 N–H and O–H groups in total. The third-order valence-electron chi connectivity index (χ3n) is 1.82. The predicted octanol–water partition coefficient (Wildman–Crippen LogP) is 1.49. The molecule has 0 amide bonds. The summed E-state index contributed by atoms with van der Waals surface area (Å²) in [5.41, 5.74) is 2.79. The fraction of sp³-hybridized carbons (Fsp3) is 0.556. The van der Waals surface area contributed by atoms with Crippen LogP contribution in [0.5, 0.6) is 0 Å². The zero-order valence-corrected chi connectivity index (χ0v) is 8.53. The van der Waals surface area contributed by atoms with Crippen LogP contribution in [0.1, 0.15) is 25.2 Å². The van der Waals surface area contributed by atoms with Gasteiger partial charge in [0.25, 0.3) is 0 Å². The Hall–Kier alpha value is -1.32. The molecular weight excluding hydrogens is 166 g/mol. The van der Waals surface area contributed by atoms with Crippen molar-refractivity contribution in [1.82, 2.24) is 9.78 Å². The third-order valence-corrected chi connectivity index (χ3v) is 1.82. The van der Waals surface area contributed by atoms with Gasteiger partial charge in [-0.25, -0.2) is 0 Å². The summed E-state index contributed by atoms with van der Waals surface area (Å²) in [4.78, 5) is 4.94. The highest BCUT2D eigenvalue weighted by atomic mass is 16.6. The van der Waals surface area contributed by atoms with Crippen LogP contribution in [0.2, 0.25) is 0 Å². The van der Waals surface area contributed by atoms with E-state index in [1.54, 1.807) is 0 Å². The van der Waals surface area contributed by atoms with Crippen LogP contribution in [0.15, 0.2) is 11.2 Å². The van der Waals surface area contributed by atoms with Crippen LogP contribution in [0, 0.1) is 6.92 Å². The van der Waals surface area contributed by atoms with Gasteiger partial charge >= 0.3 is 0 Å². The van der Waals surface area contributed by atoms with Crippen molar-refractivity contribution >= 4 is 5.71 Å². The standard InChI is InChI=1S/C9H15N3O/c1-5-13-11-8(3)9-6-7(2)12(4)10-9/h6H,5H2,1-4H3/b11-8-. The van der Waals surface area contributed by atoms with E-state index in [0.717, 1.165) is 17.1 Å². The van der Waals surface area contributed by atoms with E-state index in [0.29, 0.717) is 6.61 Å². The Morgan fingerprint density at radius 1 is 1.69 bits per heavy atom. The second-order valence-electron chi connectivity index (χ2n) is 2.89. The summed E-state index contributed by atoms with van der Waals surface area (Å²) in [7, 11) is 1.91.